The summed E-state index contributed by atoms with van der Waals surface area (Å²) in [6.07, 6.45) is 5.92. The van der Waals surface area contributed by atoms with Crippen LogP contribution in [0.5, 0.6) is 0 Å². The molecule has 36 heavy (non-hydrogen) atoms. The van der Waals surface area contributed by atoms with Crippen LogP contribution in [0, 0.1) is 32.8 Å². The summed E-state index contributed by atoms with van der Waals surface area (Å²) in [6, 6.07) is 6.84. The third-order valence-electron chi connectivity index (χ3n) is 7.19. The molecule has 0 radical (unpaired) electrons. The first kappa shape index (κ1) is 26.0. The summed E-state index contributed by atoms with van der Waals surface area (Å²) in [4.78, 5) is 27.4. The van der Waals surface area contributed by atoms with Crippen LogP contribution < -0.4 is 15.5 Å². The molecule has 1 fully saturated rings. The first-order valence-electron chi connectivity index (χ1n) is 12.3. The second-order valence-corrected chi connectivity index (χ2v) is 12.1. The molecule has 4 rings (SSSR count). The Bertz CT molecular complexity index is 1240. The molecule has 0 spiro atoms. The molecule has 2 heterocycles. The van der Waals surface area contributed by atoms with Crippen molar-refractivity contribution in [2.45, 2.75) is 59.3 Å². The van der Waals surface area contributed by atoms with Crippen LogP contribution >= 0.6 is 23.6 Å². The molecule has 1 aliphatic carbocycles. The summed E-state index contributed by atoms with van der Waals surface area (Å²) in [5, 5.41) is 27.9. The van der Waals surface area contributed by atoms with Crippen LogP contribution in [-0.2, 0) is 12.8 Å². The first-order valence-corrected chi connectivity index (χ1v) is 13.5. The molecule has 1 aliphatic heterocycles. The van der Waals surface area contributed by atoms with Crippen LogP contribution in [0.1, 0.15) is 72.8 Å². The number of nitriles is 1. The van der Waals surface area contributed by atoms with Crippen LogP contribution in [0.2, 0.25) is 0 Å². The third-order valence-corrected chi connectivity index (χ3v) is 8.56. The highest BCUT2D eigenvalue weighted by atomic mass is 32.1. The van der Waals surface area contributed by atoms with E-state index in [0.717, 1.165) is 57.2 Å². The molecule has 190 valence electrons. The van der Waals surface area contributed by atoms with Crippen LogP contribution in [0.4, 0.5) is 16.4 Å². The number of benzene rings is 1. The van der Waals surface area contributed by atoms with Crippen LogP contribution in [0.3, 0.4) is 0 Å². The molecule has 10 heteroatoms. The van der Waals surface area contributed by atoms with Gasteiger partial charge in [0.25, 0.3) is 11.6 Å². The van der Waals surface area contributed by atoms with E-state index < -0.39 is 10.8 Å². The molecule has 0 saturated carbocycles. The SMILES string of the molecule is CC(C)(C)C1CCc2c(sc(NC(=S)NC(=O)c3ccc(N4CCCCC4)c([N+](=O)[O-])c3)c2C#N)C1. The number of nitrogens with one attached hydrogen (secondary N) is 2. The largest absolute Gasteiger partial charge is 0.366 e. The molecule has 2 aromatic rings. The Labute approximate surface area is 220 Å². The van der Waals surface area contributed by atoms with E-state index in [1.54, 1.807) is 12.1 Å². The van der Waals surface area contributed by atoms with Crippen molar-refractivity contribution in [1.82, 2.24) is 5.32 Å². The summed E-state index contributed by atoms with van der Waals surface area (Å²) in [5.41, 5.74) is 2.45. The second-order valence-electron chi connectivity index (χ2n) is 10.5. The highest BCUT2D eigenvalue weighted by molar-refractivity contribution is 7.80. The fourth-order valence-corrected chi connectivity index (χ4v) is 6.60. The van der Waals surface area contributed by atoms with E-state index in [9.17, 15) is 20.2 Å². The number of amides is 1. The highest BCUT2D eigenvalue weighted by Crippen LogP contribution is 2.44. The number of fused-ring (bicyclic) bond motifs is 1. The van der Waals surface area contributed by atoms with Crippen molar-refractivity contribution in [3.05, 3.63) is 49.9 Å². The van der Waals surface area contributed by atoms with Gasteiger partial charge in [0.1, 0.15) is 16.8 Å². The molecule has 1 atom stereocenters. The maximum Gasteiger partial charge on any atom is 0.293 e. The molecular weight excluding hydrogens is 494 g/mol. The number of nitro benzene ring substituents is 1. The smallest absolute Gasteiger partial charge is 0.293 e. The molecule has 2 aliphatic rings. The molecule has 1 saturated heterocycles. The number of hydrogen-bond acceptors (Lipinski definition) is 7. The predicted octanol–water partition coefficient (Wildman–Crippen LogP) is 5.80. The van der Waals surface area contributed by atoms with Gasteiger partial charge in [-0.05, 0) is 79.8 Å². The maximum absolute atomic E-state index is 12.9. The number of piperidine rings is 1. The molecular formula is C26H31N5O3S2. The Hall–Kier alpha value is -3.03. The van der Waals surface area contributed by atoms with Crippen LogP contribution in [0.15, 0.2) is 18.2 Å². The van der Waals surface area contributed by atoms with Crippen LogP contribution in [-0.4, -0.2) is 29.0 Å². The van der Waals surface area contributed by atoms with Gasteiger partial charge >= 0.3 is 0 Å². The predicted molar refractivity (Wildman–Crippen MR) is 147 cm³/mol. The minimum atomic E-state index is -0.534. The third kappa shape index (κ3) is 5.52. The number of nitrogens with zero attached hydrogens (tertiary/aromatic N) is 3. The second kappa shape index (κ2) is 10.5. The van der Waals surface area contributed by atoms with Crippen molar-refractivity contribution in [1.29, 1.82) is 5.26 Å². The Morgan fingerprint density at radius 1 is 1.28 bits per heavy atom. The number of thiocarbonyl (C=S) groups is 1. The van der Waals surface area contributed by atoms with Gasteiger partial charge in [0.2, 0.25) is 0 Å². The summed E-state index contributed by atoms with van der Waals surface area (Å²) in [5.74, 6) is 0.00631. The number of carbonyl (C=O) groups is 1. The average molecular weight is 526 g/mol. The fourth-order valence-electron chi connectivity index (χ4n) is 5.05. The van der Waals surface area contributed by atoms with E-state index >= 15 is 0 Å². The van der Waals surface area contributed by atoms with Crippen molar-refractivity contribution in [3.8, 4) is 6.07 Å². The molecule has 8 nitrogen and oxygen atoms in total. The quantitative estimate of drug-likeness (QED) is 0.295. The summed E-state index contributed by atoms with van der Waals surface area (Å²) < 4.78 is 0. The van der Waals surface area contributed by atoms with Gasteiger partial charge < -0.3 is 10.2 Å². The summed E-state index contributed by atoms with van der Waals surface area (Å²) in [6.45, 7) is 8.27. The van der Waals surface area contributed by atoms with E-state index in [1.807, 2.05) is 4.90 Å². The minimum Gasteiger partial charge on any atom is -0.366 e. The standard InChI is InChI=1S/C26H31N5O3S2/c1-26(2,3)17-8-9-18-19(15-27)24(36-22(18)14-17)29-25(35)28-23(32)16-7-10-20(21(13-16)31(33)34)30-11-5-4-6-12-30/h7,10,13,17H,4-6,8-9,11-12,14H2,1-3H3,(H2,28,29,32,35). The maximum atomic E-state index is 12.9. The van der Waals surface area contributed by atoms with Crippen molar-refractivity contribution in [2.24, 2.45) is 11.3 Å². The van der Waals surface area contributed by atoms with E-state index in [0.29, 0.717) is 22.2 Å². The van der Waals surface area contributed by atoms with Crippen molar-refractivity contribution >= 4 is 51.0 Å². The Balaban J connectivity index is 1.48. The molecule has 1 amide bonds. The van der Waals surface area contributed by atoms with Crippen LogP contribution in [0.25, 0.3) is 0 Å². The van der Waals surface area contributed by atoms with Gasteiger partial charge in [-0.1, -0.05) is 20.8 Å². The summed E-state index contributed by atoms with van der Waals surface area (Å²) in [7, 11) is 0. The zero-order valence-corrected chi connectivity index (χ0v) is 22.5. The first-order chi connectivity index (χ1) is 17.1. The topological polar surface area (TPSA) is 111 Å². The van der Waals surface area contributed by atoms with Gasteiger partial charge in [0.05, 0.1) is 10.5 Å². The molecule has 1 aromatic heterocycles. The van der Waals surface area contributed by atoms with E-state index in [4.69, 9.17) is 12.2 Å². The Morgan fingerprint density at radius 2 is 2.00 bits per heavy atom. The van der Waals surface area contributed by atoms with Crippen molar-refractivity contribution in [2.75, 3.05) is 23.3 Å². The number of anilines is 2. The average Bonchev–Trinajstić information content (AvgIpc) is 3.19. The fraction of sp³-hybridized carbons (Fsp3) is 0.500. The van der Waals surface area contributed by atoms with Gasteiger partial charge in [-0.15, -0.1) is 11.3 Å². The number of carbonyl (C=O) groups excluding carboxylic acids is 1. The van der Waals surface area contributed by atoms with Crippen molar-refractivity contribution in [3.63, 3.8) is 0 Å². The monoisotopic (exact) mass is 525 g/mol. The zero-order chi connectivity index (χ0) is 26.0. The Kier molecular flexibility index (Phi) is 7.62. The highest BCUT2D eigenvalue weighted by Gasteiger charge is 2.32. The number of thiophene rings is 1. The molecule has 1 aromatic carbocycles. The minimum absolute atomic E-state index is 0.0604. The normalized spacial score (nSPS) is 17.6. The number of hydrogen-bond donors (Lipinski definition) is 2. The van der Waals surface area contributed by atoms with Gasteiger partial charge in [-0.25, -0.2) is 0 Å². The van der Waals surface area contributed by atoms with E-state index in [-0.39, 0.29) is 21.8 Å². The van der Waals surface area contributed by atoms with Crippen molar-refractivity contribution < 1.29 is 9.72 Å². The van der Waals surface area contributed by atoms with Gasteiger partial charge in [0, 0.05) is 29.6 Å². The lowest BCUT2D eigenvalue weighted by Crippen LogP contribution is -2.34. The molecule has 1 unspecified atom stereocenters. The lowest BCUT2D eigenvalue weighted by atomic mass is 9.72. The number of nitro groups is 1. The van der Waals surface area contributed by atoms with Gasteiger partial charge in [-0.2, -0.15) is 5.26 Å². The van der Waals surface area contributed by atoms with E-state index in [1.165, 1.54) is 22.3 Å². The lowest BCUT2D eigenvalue weighted by Gasteiger charge is -2.33. The summed E-state index contributed by atoms with van der Waals surface area (Å²) >= 11 is 6.88. The molecule has 0 bridgehead atoms. The van der Waals surface area contributed by atoms with Gasteiger partial charge in [-0.3, -0.25) is 20.2 Å². The Morgan fingerprint density at radius 3 is 2.64 bits per heavy atom. The molecule has 2 N–H and O–H groups in total. The van der Waals surface area contributed by atoms with Gasteiger partial charge in [0.15, 0.2) is 5.11 Å². The number of rotatable bonds is 4. The zero-order valence-electron chi connectivity index (χ0n) is 20.8. The lowest BCUT2D eigenvalue weighted by molar-refractivity contribution is -0.384. The van der Waals surface area contributed by atoms with E-state index in [2.05, 4.69) is 37.5 Å².